The topological polar surface area (TPSA) is 65.4 Å². The molecule has 0 aliphatic carbocycles. The zero-order chi connectivity index (χ0) is 18.1. The van der Waals surface area contributed by atoms with Crippen LogP contribution in [0.2, 0.25) is 0 Å². The number of nitrogens with one attached hydrogen (secondary N) is 1. The molecular weight excluding hydrogens is 318 g/mol. The van der Waals surface area contributed by atoms with Crippen molar-refractivity contribution in [2.24, 2.45) is 0 Å². The number of nitrogens with zero attached hydrogens (tertiary/aromatic N) is 2. The van der Waals surface area contributed by atoms with Crippen molar-refractivity contribution in [2.75, 3.05) is 19.8 Å². The van der Waals surface area contributed by atoms with Gasteiger partial charge in [-0.2, -0.15) is 5.10 Å². The lowest BCUT2D eigenvalue weighted by Gasteiger charge is -2.09. The maximum atomic E-state index is 12.0. The number of ether oxygens (including phenoxy) is 2. The molecule has 0 saturated heterocycles. The van der Waals surface area contributed by atoms with Gasteiger partial charge in [0.15, 0.2) is 6.73 Å². The summed E-state index contributed by atoms with van der Waals surface area (Å²) in [5.74, 6) is 1.09. The highest BCUT2D eigenvalue weighted by atomic mass is 16.5. The number of hydrogen-bond acceptors (Lipinski definition) is 4. The molecule has 2 rings (SSSR count). The molecule has 1 heterocycles. The van der Waals surface area contributed by atoms with Crippen LogP contribution in [0, 0.1) is 0 Å². The molecule has 1 amide bonds. The number of carbonyl (C=O) groups excluding carboxylic acids is 1. The van der Waals surface area contributed by atoms with Crippen molar-refractivity contribution in [3.63, 3.8) is 0 Å². The zero-order valence-corrected chi connectivity index (χ0v) is 15.2. The fraction of sp³-hybridized carbons (Fsp3) is 0.474. The number of carbonyl (C=O) groups is 1. The SMILES string of the molecule is CCOCCCNC(=O)c1ccn(COc2ccc(C(C)C)cc2)n1. The lowest BCUT2D eigenvalue weighted by Crippen LogP contribution is -2.26. The summed E-state index contributed by atoms with van der Waals surface area (Å²) in [5, 5.41) is 7.06. The molecule has 1 N–H and O–H groups in total. The van der Waals surface area contributed by atoms with E-state index in [1.807, 2.05) is 19.1 Å². The van der Waals surface area contributed by atoms with Gasteiger partial charge >= 0.3 is 0 Å². The predicted molar refractivity (Wildman–Crippen MR) is 96.8 cm³/mol. The highest BCUT2D eigenvalue weighted by Gasteiger charge is 2.09. The molecule has 0 atom stereocenters. The van der Waals surface area contributed by atoms with Gasteiger partial charge in [0.25, 0.3) is 5.91 Å². The summed E-state index contributed by atoms with van der Waals surface area (Å²) in [6.07, 6.45) is 2.52. The summed E-state index contributed by atoms with van der Waals surface area (Å²) in [5.41, 5.74) is 1.66. The molecule has 0 saturated carbocycles. The van der Waals surface area contributed by atoms with Gasteiger partial charge in [-0.3, -0.25) is 4.79 Å². The number of aromatic nitrogens is 2. The predicted octanol–water partition coefficient (Wildman–Crippen LogP) is 3.20. The highest BCUT2D eigenvalue weighted by molar-refractivity contribution is 5.92. The van der Waals surface area contributed by atoms with Crippen LogP contribution in [-0.2, 0) is 11.5 Å². The quantitative estimate of drug-likeness (QED) is 0.672. The Hall–Kier alpha value is -2.34. The van der Waals surface area contributed by atoms with Crippen molar-refractivity contribution in [3.8, 4) is 5.75 Å². The Balaban J connectivity index is 1.77. The summed E-state index contributed by atoms with van der Waals surface area (Å²) in [6.45, 7) is 8.44. The molecule has 0 spiro atoms. The van der Waals surface area contributed by atoms with Crippen molar-refractivity contribution in [1.82, 2.24) is 15.1 Å². The van der Waals surface area contributed by atoms with E-state index >= 15 is 0 Å². The average Bonchev–Trinajstić information content (AvgIpc) is 3.09. The van der Waals surface area contributed by atoms with E-state index in [9.17, 15) is 4.79 Å². The molecule has 1 aromatic carbocycles. The molecular formula is C19H27N3O3. The summed E-state index contributed by atoms with van der Waals surface area (Å²) < 4.78 is 12.5. The Morgan fingerprint density at radius 1 is 1.24 bits per heavy atom. The molecule has 0 radical (unpaired) electrons. The fourth-order valence-electron chi connectivity index (χ4n) is 2.26. The Morgan fingerprint density at radius 3 is 2.68 bits per heavy atom. The second-order valence-electron chi connectivity index (χ2n) is 6.04. The van der Waals surface area contributed by atoms with Crippen molar-refractivity contribution in [3.05, 3.63) is 47.8 Å². The maximum Gasteiger partial charge on any atom is 0.271 e. The van der Waals surface area contributed by atoms with Gasteiger partial charge in [0.2, 0.25) is 0 Å². The van der Waals surface area contributed by atoms with Crippen LogP contribution in [-0.4, -0.2) is 35.4 Å². The minimum atomic E-state index is -0.184. The molecule has 0 aliphatic heterocycles. The molecule has 6 heteroatoms. The zero-order valence-electron chi connectivity index (χ0n) is 15.2. The molecule has 25 heavy (non-hydrogen) atoms. The largest absolute Gasteiger partial charge is 0.471 e. The van der Waals surface area contributed by atoms with Crippen LogP contribution in [0.1, 0.15) is 49.2 Å². The van der Waals surface area contributed by atoms with Crippen molar-refractivity contribution in [2.45, 2.75) is 39.8 Å². The van der Waals surface area contributed by atoms with Crippen molar-refractivity contribution >= 4 is 5.91 Å². The summed E-state index contributed by atoms with van der Waals surface area (Å²) in [7, 11) is 0. The smallest absolute Gasteiger partial charge is 0.271 e. The number of amides is 1. The molecule has 0 fully saturated rings. The first-order valence-corrected chi connectivity index (χ1v) is 8.72. The third-order valence-corrected chi connectivity index (χ3v) is 3.74. The number of hydrogen-bond donors (Lipinski definition) is 1. The molecule has 0 bridgehead atoms. The molecule has 2 aromatic rings. The van der Waals surface area contributed by atoms with Gasteiger partial charge in [-0.15, -0.1) is 0 Å². The van der Waals surface area contributed by atoms with Crippen LogP contribution >= 0.6 is 0 Å². The van der Waals surface area contributed by atoms with E-state index < -0.39 is 0 Å². The Kier molecular flexibility index (Phi) is 7.47. The fourth-order valence-corrected chi connectivity index (χ4v) is 2.26. The van der Waals surface area contributed by atoms with Gasteiger partial charge in [0, 0.05) is 26.0 Å². The van der Waals surface area contributed by atoms with E-state index in [1.165, 1.54) is 5.56 Å². The van der Waals surface area contributed by atoms with E-state index in [1.54, 1.807) is 16.9 Å². The summed E-state index contributed by atoms with van der Waals surface area (Å²) in [6, 6.07) is 9.70. The van der Waals surface area contributed by atoms with Crippen LogP contribution in [0.15, 0.2) is 36.5 Å². The molecule has 0 aliphatic rings. The maximum absolute atomic E-state index is 12.0. The molecule has 1 aromatic heterocycles. The molecule has 136 valence electrons. The Labute approximate surface area is 149 Å². The first kappa shape index (κ1) is 19.0. The first-order valence-electron chi connectivity index (χ1n) is 8.72. The third-order valence-electron chi connectivity index (χ3n) is 3.74. The molecule has 6 nitrogen and oxygen atoms in total. The lowest BCUT2D eigenvalue weighted by molar-refractivity contribution is 0.0937. The van der Waals surface area contributed by atoms with Crippen LogP contribution in [0.5, 0.6) is 5.75 Å². The van der Waals surface area contributed by atoms with Crippen LogP contribution in [0.25, 0.3) is 0 Å². The lowest BCUT2D eigenvalue weighted by atomic mass is 10.0. The van der Waals surface area contributed by atoms with Crippen molar-refractivity contribution in [1.29, 1.82) is 0 Å². The van der Waals surface area contributed by atoms with Gasteiger partial charge in [-0.25, -0.2) is 4.68 Å². The van der Waals surface area contributed by atoms with E-state index in [0.717, 1.165) is 12.2 Å². The Morgan fingerprint density at radius 2 is 2.00 bits per heavy atom. The van der Waals surface area contributed by atoms with E-state index in [0.29, 0.717) is 31.4 Å². The van der Waals surface area contributed by atoms with E-state index in [2.05, 4.69) is 36.4 Å². The third kappa shape index (κ3) is 6.23. The standard InChI is InChI=1S/C19H27N3O3/c1-4-24-13-5-11-20-19(23)18-10-12-22(21-18)14-25-17-8-6-16(7-9-17)15(2)3/h6-10,12,15H,4-5,11,13-14H2,1-3H3,(H,20,23). The summed E-state index contributed by atoms with van der Waals surface area (Å²) >= 11 is 0. The van der Waals surface area contributed by atoms with Crippen LogP contribution in [0.4, 0.5) is 0 Å². The number of benzene rings is 1. The minimum absolute atomic E-state index is 0.184. The van der Waals surface area contributed by atoms with Gasteiger partial charge in [-0.1, -0.05) is 26.0 Å². The number of rotatable bonds is 10. The summed E-state index contributed by atoms with van der Waals surface area (Å²) in [4.78, 5) is 12.0. The average molecular weight is 345 g/mol. The van der Waals surface area contributed by atoms with E-state index in [-0.39, 0.29) is 12.6 Å². The monoisotopic (exact) mass is 345 g/mol. The first-order chi connectivity index (χ1) is 12.1. The normalized spacial score (nSPS) is 10.9. The Bertz CT molecular complexity index is 650. The van der Waals surface area contributed by atoms with Gasteiger partial charge < -0.3 is 14.8 Å². The molecule has 0 unspecified atom stereocenters. The van der Waals surface area contributed by atoms with Gasteiger partial charge in [-0.05, 0) is 43.0 Å². The second-order valence-corrected chi connectivity index (χ2v) is 6.04. The minimum Gasteiger partial charge on any atom is -0.471 e. The van der Waals surface area contributed by atoms with E-state index in [4.69, 9.17) is 9.47 Å². The van der Waals surface area contributed by atoms with Gasteiger partial charge in [0.1, 0.15) is 11.4 Å². The van der Waals surface area contributed by atoms with Crippen LogP contribution < -0.4 is 10.1 Å². The van der Waals surface area contributed by atoms with Gasteiger partial charge in [0.05, 0.1) is 0 Å². The highest BCUT2D eigenvalue weighted by Crippen LogP contribution is 2.18. The second kappa shape index (κ2) is 9.84. The van der Waals surface area contributed by atoms with Crippen LogP contribution in [0.3, 0.4) is 0 Å². The van der Waals surface area contributed by atoms with Crippen molar-refractivity contribution < 1.29 is 14.3 Å².